The first-order chi connectivity index (χ1) is 5.83. The summed E-state index contributed by atoms with van der Waals surface area (Å²) in [7, 11) is 0. The van der Waals surface area contributed by atoms with Crippen LogP contribution in [0.4, 0.5) is 0 Å². The summed E-state index contributed by atoms with van der Waals surface area (Å²) in [6, 6.07) is 1.76. The van der Waals surface area contributed by atoms with Gasteiger partial charge in [0.1, 0.15) is 10.5 Å². The van der Waals surface area contributed by atoms with E-state index in [1.54, 1.807) is 12.3 Å². The zero-order valence-electron chi connectivity index (χ0n) is 7.04. The van der Waals surface area contributed by atoms with Crippen LogP contribution < -0.4 is 0 Å². The van der Waals surface area contributed by atoms with Crippen LogP contribution in [0, 0.1) is 4.64 Å². The normalized spacial score (nSPS) is 10.1. The highest BCUT2D eigenvalue weighted by Gasteiger charge is 1.92. The second kappa shape index (κ2) is 5.00. The molecule has 1 heterocycles. The largest absolute Gasteiger partial charge is 0.381 e. The molecule has 0 spiro atoms. The number of aromatic nitrogens is 2. The highest BCUT2D eigenvalue weighted by molar-refractivity contribution is 7.71. The lowest BCUT2D eigenvalue weighted by molar-refractivity contribution is 0.149. The van der Waals surface area contributed by atoms with Gasteiger partial charge in [-0.2, -0.15) is 0 Å². The molecule has 0 aliphatic carbocycles. The summed E-state index contributed by atoms with van der Waals surface area (Å²) < 4.78 is 5.90. The highest BCUT2D eigenvalue weighted by atomic mass is 32.1. The first kappa shape index (κ1) is 9.35. The molecule has 0 unspecified atom stereocenters. The number of ether oxygens (including phenoxy) is 1. The number of H-pyrrole nitrogens is 1. The molecular weight excluding hydrogens is 172 g/mol. The van der Waals surface area contributed by atoms with Crippen LogP contribution in [-0.2, 0) is 11.2 Å². The van der Waals surface area contributed by atoms with Gasteiger partial charge >= 0.3 is 0 Å². The molecule has 0 radical (unpaired) electrons. The van der Waals surface area contributed by atoms with Gasteiger partial charge in [-0.05, 0) is 13.0 Å². The van der Waals surface area contributed by atoms with Gasteiger partial charge in [-0.15, -0.1) is 0 Å². The maximum atomic E-state index is 5.18. The summed E-state index contributed by atoms with van der Waals surface area (Å²) in [6.45, 7) is 3.41. The predicted molar refractivity (Wildman–Crippen MR) is 49.6 cm³/mol. The van der Waals surface area contributed by atoms with E-state index >= 15 is 0 Å². The van der Waals surface area contributed by atoms with Gasteiger partial charge in [-0.25, -0.2) is 4.98 Å². The molecule has 1 aromatic heterocycles. The number of hydrogen-bond donors (Lipinski definition) is 1. The molecule has 0 aliphatic rings. The molecule has 0 aromatic carbocycles. The molecule has 1 aromatic rings. The third-order valence-corrected chi connectivity index (χ3v) is 1.65. The molecule has 0 aliphatic heterocycles. The number of rotatable bonds is 4. The minimum atomic E-state index is 0.693. The Balaban J connectivity index is 2.47. The van der Waals surface area contributed by atoms with Gasteiger partial charge in [0, 0.05) is 19.2 Å². The summed E-state index contributed by atoms with van der Waals surface area (Å²) >= 11 is 4.94. The van der Waals surface area contributed by atoms with Crippen molar-refractivity contribution in [1.29, 1.82) is 0 Å². The molecule has 0 saturated carbocycles. The minimum absolute atomic E-state index is 0.693. The van der Waals surface area contributed by atoms with Crippen LogP contribution in [0.5, 0.6) is 0 Å². The van der Waals surface area contributed by atoms with Crippen LogP contribution in [0.1, 0.15) is 12.7 Å². The molecule has 0 atom stereocenters. The molecule has 0 amide bonds. The fourth-order valence-corrected chi connectivity index (χ4v) is 1.03. The average Bonchev–Trinajstić information content (AvgIpc) is 2.05. The van der Waals surface area contributed by atoms with Crippen molar-refractivity contribution in [2.45, 2.75) is 13.3 Å². The van der Waals surface area contributed by atoms with Gasteiger partial charge < -0.3 is 9.72 Å². The lowest BCUT2D eigenvalue weighted by Gasteiger charge is -1.99. The first-order valence-electron chi connectivity index (χ1n) is 3.95. The van der Waals surface area contributed by atoms with E-state index in [4.69, 9.17) is 17.0 Å². The van der Waals surface area contributed by atoms with Crippen LogP contribution >= 0.6 is 12.2 Å². The standard InChI is InChI=1S/C8H12N2OS/c1-2-11-6-4-7-9-5-3-8(12)10-7/h3,5H,2,4,6H2,1H3,(H,9,10,12). The van der Waals surface area contributed by atoms with Crippen molar-refractivity contribution in [2.24, 2.45) is 0 Å². The highest BCUT2D eigenvalue weighted by Crippen LogP contribution is 1.91. The average molecular weight is 184 g/mol. The van der Waals surface area contributed by atoms with E-state index in [9.17, 15) is 0 Å². The van der Waals surface area contributed by atoms with Crippen molar-refractivity contribution >= 4 is 12.2 Å². The number of nitrogens with one attached hydrogen (secondary N) is 1. The Bertz CT molecular complexity index is 284. The van der Waals surface area contributed by atoms with E-state index in [1.807, 2.05) is 6.92 Å². The molecule has 1 rings (SSSR count). The lowest BCUT2D eigenvalue weighted by Crippen LogP contribution is -2.01. The third kappa shape index (κ3) is 3.11. The summed E-state index contributed by atoms with van der Waals surface area (Å²) in [6.07, 6.45) is 2.50. The number of nitrogens with zero attached hydrogens (tertiary/aromatic N) is 1. The zero-order chi connectivity index (χ0) is 8.81. The molecule has 0 fully saturated rings. The van der Waals surface area contributed by atoms with Gasteiger partial charge in [-0.1, -0.05) is 12.2 Å². The van der Waals surface area contributed by atoms with E-state index in [2.05, 4.69) is 9.97 Å². The molecule has 12 heavy (non-hydrogen) atoms. The Kier molecular flexibility index (Phi) is 3.90. The van der Waals surface area contributed by atoms with E-state index in [1.165, 1.54) is 0 Å². The van der Waals surface area contributed by atoms with Crippen LogP contribution in [0.25, 0.3) is 0 Å². The quantitative estimate of drug-likeness (QED) is 0.572. The van der Waals surface area contributed by atoms with E-state index in [0.717, 1.165) is 23.5 Å². The van der Waals surface area contributed by atoms with Crippen molar-refractivity contribution in [1.82, 2.24) is 9.97 Å². The summed E-state index contributed by atoms with van der Waals surface area (Å²) in [5, 5.41) is 0. The second-order valence-corrected chi connectivity index (χ2v) is 2.77. The fraction of sp³-hybridized carbons (Fsp3) is 0.500. The van der Waals surface area contributed by atoms with Crippen molar-refractivity contribution in [2.75, 3.05) is 13.2 Å². The maximum absolute atomic E-state index is 5.18. The summed E-state index contributed by atoms with van der Waals surface area (Å²) in [4.78, 5) is 7.10. The first-order valence-corrected chi connectivity index (χ1v) is 4.35. The minimum Gasteiger partial charge on any atom is -0.381 e. The molecule has 66 valence electrons. The Morgan fingerprint density at radius 3 is 3.17 bits per heavy atom. The van der Waals surface area contributed by atoms with Crippen molar-refractivity contribution in [3.63, 3.8) is 0 Å². The smallest absolute Gasteiger partial charge is 0.109 e. The Hall–Kier alpha value is -0.740. The van der Waals surface area contributed by atoms with Gasteiger partial charge in [0.15, 0.2) is 0 Å². The molecule has 0 saturated heterocycles. The van der Waals surface area contributed by atoms with E-state index in [-0.39, 0.29) is 0 Å². The van der Waals surface area contributed by atoms with Gasteiger partial charge in [0.05, 0.1) is 6.61 Å². The van der Waals surface area contributed by atoms with Gasteiger partial charge in [-0.3, -0.25) is 0 Å². The molecule has 0 bridgehead atoms. The van der Waals surface area contributed by atoms with Crippen molar-refractivity contribution < 1.29 is 4.74 Å². The van der Waals surface area contributed by atoms with Gasteiger partial charge in [0.2, 0.25) is 0 Å². The fourth-order valence-electron chi connectivity index (χ4n) is 0.851. The number of aromatic amines is 1. The van der Waals surface area contributed by atoms with E-state index in [0.29, 0.717) is 6.61 Å². The van der Waals surface area contributed by atoms with Crippen LogP contribution in [-0.4, -0.2) is 23.2 Å². The predicted octanol–water partition coefficient (Wildman–Crippen LogP) is 1.72. The SMILES string of the molecule is CCOCCc1nccc(=S)[nH]1. The topological polar surface area (TPSA) is 37.9 Å². The van der Waals surface area contributed by atoms with Crippen LogP contribution in [0.15, 0.2) is 12.3 Å². The third-order valence-electron chi connectivity index (χ3n) is 1.41. The van der Waals surface area contributed by atoms with Gasteiger partial charge in [0.25, 0.3) is 0 Å². The van der Waals surface area contributed by atoms with E-state index < -0.39 is 0 Å². The van der Waals surface area contributed by atoms with Crippen LogP contribution in [0.3, 0.4) is 0 Å². The molecule has 3 nitrogen and oxygen atoms in total. The second-order valence-electron chi connectivity index (χ2n) is 2.33. The summed E-state index contributed by atoms with van der Waals surface area (Å²) in [5.41, 5.74) is 0. The Morgan fingerprint density at radius 2 is 2.50 bits per heavy atom. The Morgan fingerprint density at radius 1 is 1.67 bits per heavy atom. The summed E-state index contributed by atoms with van der Waals surface area (Å²) in [5.74, 6) is 0.885. The molecular formula is C8H12N2OS. The lowest BCUT2D eigenvalue weighted by atomic mass is 10.4. The van der Waals surface area contributed by atoms with Crippen molar-refractivity contribution in [3.8, 4) is 0 Å². The number of hydrogen-bond acceptors (Lipinski definition) is 3. The van der Waals surface area contributed by atoms with Crippen LogP contribution in [0.2, 0.25) is 0 Å². The molecule has 1 N–H and O–H groups in total. The Labute approximate surface area is 76.8 Å². The van der Waals surface area contributed by atoms with Crippen molar-refractivity contribution in [3.05, 3.63) is 22.7 Å². The molecule has 4 heteroatoms. The monoisotopic (exact) mass is 184 g/mol. The maximum Gasteiger partial charge on any atom is 0.109 e. The zero-order valence-corrected chi connectivity index (χ0v) is 7.86.